The Morgan fingerprint density at radius 1 is 0.900 bits per heavy atom. The first-order chi connectivity index (χ1) is 14.2. The Labute approximate surface area is 172 Å². The molecule has 2 aromatic carbocycles. The third kappa shape index (κ3) is 9.18. The van der Waals surface area contributed by atoms with Gasteiger partial charge in [0.1, 0.15) is 6.54 Å². The molecule has 0 aliphatic carbocycles. The lowest BCUT2D eigenvalue weighted by Crippen LogP contribution is -2.30. The maximum Gasteiger partial charge on any atom is 0.328 e. The Hall–Kier alpha value is -4.14. The summed E-state index contributed by atoms with van der Waals surface area (Å²) in [6, 6.07) is 14.6. The maximum atomic E-state index is 11.9. The van der Waals surface area contributed by atoms with E-state index in [0.717, 1.165) is 11.1 Å². The number of rotatable bonds is 7. The van der Waals surface area contributed by atoms with Crippen molar-refractivity contribution in [3.05, 3.63) is 66.2 Å². The van der Waals surface area contributed by atoms with Gasteiger partial charge in [0.2, 0.25) is 0 Å². The maximum absolute atomic E-state index is 11.9. The average Bonchev–Trinajstić information content (AvgIpc) is 2.72. The quantitative estimate of drug-likeness (QED) is 0.304. The van der Waals surface area contributed by atoms with Gasteiger partial charge in [-0.15, -0.1) is 0 Å². The number of anilines is 1. The molecule has 0 aliphatic heterocycles. The van der Waals surface area contributed by atoms with Gasteiger partial charge in [-0.05, 0) is 42.3 Å². The molecule has 0 heterocycles. The minimum absolute atomic E-state index is 0.133. The third-order valence-electron chi connectivity index (χ3n) is 3.46. The number of hydrogen-bond acceptors (Lipinski definition) is 6. The average molecular weight is 414 g/mol. The van der Waals surface area contributed by atoms with Gasteiger partial charge in [-0.25, -0.2) is 9.59 Å². The number of amides is 1. The first-order valence-electron chi connectivity index (χ1n) is 8.76. The van der Waals surface area contributed by atoms with Gasteiger partial charge in [-0.2, -0.15) is 0 Å². The number of nitrogen functional groups attached to an aromatic ring is 1. The van der Waals surface area contributed by atoms with E-state index in [1.54, 1.807) is 19.1 Å². The Morgan fingerprint density at radius 3 is 1.80 bits per heavy atom. The van der Waals surface area contributed by atoms with Crippen LogP contribution in [0.25, 0.3) is 11.1 Å². The number of carbonyl (C=O) groups excluding carboxylic acids is 2. The molecule has 0 radical (unpaired) electrons. The molecule has 158 valence electrons. The van der Waals surface area contributed by atoms with Crippen LogP contribution in [0.1, 0.15) is 17.3 Å². The second kappa shape index (κ2) is 12.3. The molecule has 30 heavy (non-hydrogen) atoms. The lowest BCUT2D eigenvalue weighted by atomic mass is 10.0. The van der Waals surface area contributed by atoms with Gasteiger partial charge in [0.15, 0.2) is 0 Å². The zero-order valence-electron chi connectivity index (χ0n) is 16.2. The Bertz CT molecular complexity index is 888. The molecule has 0 saturated heterocycles. The molecule has 5 N–H and O–H groups in total. The van der Waals surface area contributed by atoms with Crippen molar-refractivity contribution in [3.8, 4) is 11.1 Å². The number of aliphatic carboxylic acids is 2. The van der Waals surface area contributed by atoms with Crippen molar-refractivity contribution in [1.82, 2.24) is 5.32 Å². The van der Waals surface area contributed by atoms with E-state index in [-0.39, 0.29) is 12.5 Å². The molecule has 2 aromatic rings. The fourth-order valence-corrected chi connectivity index (χ4v) is 2.10. The van der Waals surface area contributed by atoms with Crippen LogP contribution >= 0.6 is 0 Å². The van der Waals surface area contributed by atoms with Crippen molar-refractivity contribution in [2.45, 2.75) is 6.92 Å². The minimum atomic E-state index is -1.26. The van der Waals surface area contributed by atoms with Crippen LogP contribution in [0.3, 0.4) is 0 Å². The fourth-order valence-electron chi connectivity index (χ4n) is 2.10. The highest BCUT2D eigenvalue weighted by molar-refractivity contribution is 5.96. The standard InChI is InChI=1S/C17H18N2O3.C4H4O4/c1-2-22-16(20)11-19-17(21)14-5-3-12(4-6-14)13-7-9-15(18)10-8-13;5-3(6)1-2-4(7)8/h3-10H,2,11,18H2,1H3,(H,19,21);1-2H,(H,5,6)(H,7,8)/b;2-1-. The van der Waals surface area contributed by atoms with Crippen LogP contribution in [0.5, 0.6) is 0 Å². The highest BCUT2D eigenvalue weighted by atomic mass is 16.5. The number of nitrogens with two attached hydrogens (primary N) is 1. The Balaban J connectivity index is 0.000000479. The molecule has 0 atom stereocenters. The van der Waals surface area contributed by atoms with Gasteiger partial charge < -0.3 is 26.0 Å². The topological polar surface area (TPSA) is 156 Å². The second-order valence-corrected chi connectivity index (χ2v) is 5.70. The molecule has 0 fully saturated rings. The number of ether oxygens (including phenoxy) is 1. The van der Waals surface area contributed by atoms with Crippen LogP contribution in [0, 0.1) is 0 Å². The second-order valence-electron chi connectivity index (χ2n) is 5.70. The third-order valence-corrected chi connectivity index (χ3v) is 3.46. The zero-order valence-corrected chi connectivity index (χ0v) is 16.2. The lowest BCUT2D eigenvalue weighted by Gasteiger charge is -2.06. The molecular weight excluding hydrogens is 392 g/mol. The van der Waals surface area contributed by atoms with E-state index in [0.29, 0.717) is 30.0 Å². The van der Waals surface area contributed by atoms with Crippen LogP contribution in [-0.4, -0.2) is 47.2 Å². The molecule has 2 rings (SSSR count). The highest BCUT2D eigenvalue weighted by Gasteiger charge is 2.08. The number of nitrogens with one attached hydrogen (secondary N) is 1. The van der Waals surface area contributed by atoms with Crippen LogP contribution < -0.4 is 11.1 Å². The number of benzene rings is 2. The summed E-state index contributed by atoms with van der Waals surface area (Å²) in [5, 5.41) is 18.1. The van der Waals surface area contributed by atoms with Gasteiger partial charge in [-0.1, -0.05) is 24.3 Å². The van der Waals surface area contributed by atoms with Crippen molar-refractivity contribution in [1.29, 1.82) is 0 Å². The van der Waals surface area contributed by atoms with Gasteiger partial charge >= 0.3 is 17.9 Å². The van der Waals surface area contributed by atoms with Crippen molar-refractivity contribution in [3.63, 3.8) is 0 Å². The van der Waals surface area contributed by atoms with E-state index in [1.807, 2.05) is 36.4 Å². The minimum Gasteiger partial charge on any atom is -0.478 e. The van der Waals surface area contributed by atoms with Crippen LogP contribution in [-0.2, 0) is 19.1 Å². The molecule has 0 unspecified atom stereocenters. The van der Waals surface area contributed by atoms with E-state index in [1.165, 1.54) is 0 Å². The van der Waals surface area contributed by atoms with Crippen LogP contribution in [0.4, 0.5) is 5.69 Å². The summed E-state index contributed by atoms with van der Waals surface area (Å²) in [5.41, 5.74) is 8.86. The van der Waals surface area contributed by atoms with E-state index in [2.05, 4.69) is 5.32 Å². The molecular formula is C21H22N2O7. The number of carbonyl (C=O) groups is 4. The molecule has 9 heteroatoms. The predicted octanol–water partition coefficient (Wildman–Crippen LogP) is 1.94. The van der Waals surface area contributed by atoms with Crippen molar-refractivity contribution in [2.24, 2.45) is 0 Å². The van der Waals surface area contributed by atoms with Crippen molar-refractivity contribution < 1.29 is 34.1 Å². The van der Waals surface area contributed by atoms with Gasteiger partial charge in [0, 0.05) is 23.4 Å². The molecule has 0 aromatic heterocycles. The molecule has 0 bridgehead atoms. The van der Waals surface area contributed by atoms with E-state index in [4.69, 9.17) is 20.7 Å². The molecule has 9 nitrogen and oxygen atoms in total. The molecule has 0 saturated carbocycles. The summed E-state index contributed by atoms with van der Waals surface area (Å²) in [6.07, 6.45) is 1.12. The first-order valence-corrected chi connectivity index (χ1v) is 8.76. The lowest BCUT2D eigenvalue weighted by molar-refractivity contribution is -0.141. The first kappa shape index (κ1) is 23.9. The summed E-state index contributed by atoms with van der Waals surface area (Å²) in [4.78, 5) is 42.2. The van der Waals surface area contributed by atoms with E-state index < -0.39 is 17.9 Å². The smallest absolute Gasteiger partial charge is 0.328 e. The monoisotopic (exact) mass is 414 g/mol. The van der Waals surface area contributed by atoms with Gasteiger partial charge in [0.25, 0.3) is 5.91 Å². The zero-order chi connectivity index (χ0) is 22.5. The van der Waals surface area contributed by atoms with Crippen molar-refractivity contribution >= 4 is 29.5 Å². The number of esters is 1. The predicted molar refractivity (Wildman–Crippen MR) is 110 cm³/mol. The summed E-state index contributed by atoms with van der Waals surface area (Å²) >= 11 is 0. The number of carboxylic acids is 2. The number of carboxylic acid groups (broad SMARTS) is 2. The summed E-state index contributed by atoms with van der Waals surface area (Å²) < 4.78 is 4.75. The Kier molecular flexibility index (Phi) is 9.83. The van der Waals surface area contributed by atoms with E-state index in [9.17, 15) is 19.2 Å². The summed E-state index contributed by atoms with van der Waals surface area (Å²) in [5.74, 6) is -3.27. The summed E-state index contributed by atoms with van der Waals surface area (Å²) in [6.45, 7) is 1.88. The van der Waals surface area contributed by atoms with Crippen LogP contribution in [0.2, 0.25) is 0 Å². The molecule has 0 spiro atoms. The Morgan fingerprint density at radius 2 is 1.37 bits per heavy atom. The molecule has 0 aliphatic rings. The largest absolute Gasteiger partial charge is 0.478 e. The summed E-state index contributed by atoms with van der Waals surface area (Å²) in [7, 11) is 0. The molecule has 1 amide bonds. The fraction of sp³-hybridized carbons (Fsp3) is 0.143. The highest BCUT2D eigenvalue weighted by Crippen LogP contribution is 2.20. The van der Waals surface area contributed by atoms with E-state index >= 15 is 0 Å². The van der Waals surface area contributed by atoms with Crippen molar-refractivity contribution in [2.75, 3.05) is 18.9 Å². The normalized spacial score (nSPS) is 9.90. The van der Waals surface area contributed by atoms with Gasteiger partial charge in [0.05, 0.1) is 6.61 Å². The number of hydrogen-bond donors (Lipinski definition) is 4. The van der Waals surface area contributed by atoms with Gasteiger partial charge in [-0.3, -0.25) is 9.59 Å². The SMILES string of the molecule is CCOC(=O)CNC(=O)c1ccc(-c2ccc(N)cc2)cc1.O=C(O)/C=C\C(=O)O. The van der Waals surface area contributed by atoms with Crippen LogP contribution in [0.15, 0.2) is 60.7 Å².